The van der Waals surface area contributed by atoms with Gasteiger partial charge in [0.25, 0.3) is 5.91 Å². The number of rotatable bonds is 3. The summed E-state index contributed by atoms with van der Waals surface area (Å²) < 4.78 is 1.79. The molecule has 0 aliphatic carbocycles. The lowest BCUT2D eigenvalue weighted by Crippen LogP contribution is -2.30. The highest BCUT2D eigenvalue weighted by Crippen LogP contribution is 2.33. The van der Waals surface area contributed by atoms with Crippen molar-refractivity contribution in [3.63, 3.8) is 0 Å². The number of carbonyl (C=O) groups is 1. The van der Waals surface area contributed by atoms with Gasteiger partial charge < -0.3 is 9.88 Å². The number of amides is 1. The summed E-state index contributed by atoms with van der Waals surface area (Å²) in [5.41, 5.74) is 3.59. The molecule has 124 valence electrons. The van der Waals surface area contributed by atoms with Gasteiger partial charge in [-0.1, -0.05) is 0 Å². The van der Waals surface area contributed by atoms with Crippen LogP contribution in [0.1, 0.15) is 39.9 Å². The smallest absolute Gasteiger partial charge is 0.270 e. The number of thiazole rings is 1. The molecule has 1 atom stereocenters. The third-order valence-electron chi connectivity index (χ3n) is 4.45. The van der Waals surface area contributed by atoms with E-state index in [1.165, 1.54) is 0 Å². The first kappa shape index (κ1) is 15.1. The normalized spacial score (nSPS) is 17.6. The summed E-state index contributed by atoms with van der Waals surface area (Å²) in [6.07, 6.45) is 7.71. The molecular weight excluding hydrogens is 322 g/mol. The Kier molecular flexibility index (Phi) is 3.72. The minimum Gasteiger partial charge on any atom is -0.357 e. The van der Waals surface area contributed by atoms with Gasteiger partial charge in [-0.2, -0.15) is 5.10 Å². The Balaban J connectivity index is 1.58. The fourth-order valence-corrected chi connectivity index (χ4v) is 3.91. The fraction of sp³-hybridized carbons (Fsp3) is 0.353. The molecule has 1 aliphatic rings. The zero-order chi connectivity index (χ0) is 16.7. The van der Waals surface area contributed by atoms with Crippen molar-refractivity contribution in [1.29, 1.82) is 0 Å². The number of nitrogens with zero attached hydrogens (tertiary/aromatic N) is 4. The third-order valence-corrected chi connectivity index (χ3v) is 5.22. The Hall–Kier alpha value is -2.41. The highest BCUT2D eigenvalue weighted by atomic mass is 32.1. The van der Waals surface area contributed by atoms with Crippen LogP contribution in [0.15, 0.2) is 30.0 Å². The maximum Gasteiger partial charge on any atom is 0.270 e. The van der Waals surface area contributed by atoms with E-state index in [-0.39, 0.29) is 11.9 Å². The van der Waals surface area contributed by atoms with E-state index in [4.69, 9.17) is 0 Å². The van der Waals surface area contributed by atoms with Crippen molar-refractivity contribution >= 4 is 17.2 Å². The molecule has 1 unspecified atom stereocenters. The van der Waals surface area contributed by atoms with E-state index in [0.29, 0.717) is 5.69 Å². The Morgan fingerprint density at radius 3 is 3.04 bits per heavy atom. The van der Waals surface area contributed by atoms with E-state index in [1.807, 2.05) is 48.9 Å². The minimum absolute atomic E-state index is 0.0413. The second kappa shape index (κ2) is 5.90. The van der Waals surface area contributed by atoms with Gasteiger partial charge in [-0.25, -0.2) is 4.98 Å². The van der Waals surface area contributed by atoms with E-state index in [1.54, 1.807) is 16.0 Å². The second-order valence-electron chi connectivity index (χ2n) is 6.16. The molecule has 3 aromatic heterocycles. The summed E-state index contributed by atoms with van der Waals surface area (Å²) in [6.45, 7) is 2.76. The topological polar surface area (TPSA) is 66.8 Å². The largest absolute Gasteiger partial charge is 0.357 e. The average molecular weight is 341 g/mol. The molecule has 4 heterocycles. The van der Waals surface area contributed by atoms with Crippen LogP contribution in [0.5, 0.6) is 0 Å². The number of nitrogens with one attached hydrogen (secondary N) is 1. The molecule has 4 rings (SSSR count). The van der Waals surface area contributed by atoms with Crippen molar-refractivity contribution < 1.29 is 4.79 Å². The van der Waals surface area contributed by atoms with Crippen LogP contribution in [0.3, 0.4) is 0 Å². The van der Waals surface area contributed by atoms with Crippen LogP contribution in [-0.4, -0.2) is 37.1 Å². The lowest BCUT2D eigenvalue weighted by atomic mass is 10.1. The van der Waals surface area contributed by atoms with Crippen molar-refractivity contribution in [2.75, 3.05) is 6.54 Å². The maximum absolute atomic E-state index is 12.9. The standard InChI is InChI=1S/C17H19N5OS/c1-11-20-15(10-24-11)12-6-14(18-7-12)17(23)22-5-3-4-16(22)13-8-19-21(2)9-13/h6-10,16,18H,3-5H2,1-2H3. The molecule has 0 aromatic carbocycles. The number of aromatic amines is 1. The molecule has 6 nitrogen and oxygen atoms in total. The third kappa shape index (κ3) is 2.65. The molecule has 1 N–H and O–H groups in total. The number of carbonyl (C=O) groups excluding carboxylic acids is 1. The highest BCUT2D eigenvalue weighted by molar-refractivity contribution is 7.09. The van der Waals surface area contributed by atoms with Gasteiger partial charge in [0.05, 0.1) is 22.9 Å². The Morgan fingerprint density at radius 2 is 2.33 bits per heavy atom. The Bertz CT molecular complexity index is 877. The summed E-state index contributed by atoms with van der Waals surface area (Å²) >= 11 is 1.61. The first-order valence-corrected chi connectivity index (χ1v) is 8.90. The molecule has 0 radical (unpaired) electrons. The summed E-state index contributed by atoms with van der Waals surface area (Å²) in [5, 5.41) is 7.28. The van der Waals surface area contributed by atoms with Crippen LogP contribution < -0.4 is 0 Å². The number of aromatic nitrogens is 4. The van der Waals surface area contributed by atoms with Gasteiger partial charge in [-0.15, -0.1) is 11.3 Å². The summed E-state index contributed by atoms with van der Waals surface area (Å²) in [6, 6.07) is 2.01. The molecule has 1 fully saturated rings. The zero-order valence-electron chi connectivity index (χ0n) is 13.7. The van der Waals surface area contributed by atoms with Gasteiger partial charge in [0.15, 0.2) is 0 Å². The molecule has 1 amide bonds. The van der Waals surface area contributed by atoms with Gasteiger partial charge >= 0.3 is 0 Å². The summed E-state index contributed by atoms with van der Waals surface area (Å²) in [4.78, 5) is 22.5. The van der Waals surface area contributed by atoms with Crippen molar-refractivity contribution in [2.24, 2.45) is 7.05 Å². The monoisotopic (exact) mass is 341 g/mol. The zero-order valence-corrected chi connectivity index (χ0v) is 14.5. The summed E-state index contributed by atoms with van der Waals surface area (Å²) in [7, 11) is 1.90. The Morgan fingerprint density at radius 1 is 1.46 bits per heavy atom. The second-order valence-corrected chi connectivity index (χ2v) is 7.22. The van der Waals surface area contributed by atoms with Crippen LogP contribution >= 0.6 is 11.3 Å². The van der Waals surface area contributed by atoms with Crippen LogP contribution in [0.2, 0.25) is 0 Å². The molecule has 1 aliphatic heterocycles. The molecule has 24 heavy (non-hydrogen) atoms. The summed E-state index contributed by atoms with van der Waals surface area (Å²) in [5.74, 6) is 0.0413. The van der Waals surface area contributed by atoms with E-state index in [9.17, 15) is 4.79 Å². The minimum atomic E-state index is 0.0413. The van der Waals surface area contributed by atoms with Crippen LogP contribution in [-0.2, 0) is 7.05 Å². The number of hydrogen-bond donors (Lipinski definition) is 1. The molecule has 0 bridgehead atoms. The molecular formula is C17H19N5OS. The molecule has 1 saturated heterocycles. The molecule has 3 aromatic rings. The first-order valence-electron chi connectivity index (χ1n) is 8.02. The van der Waals surface area contributed by atoms with Crippen molar-refractivity contribution in [2.45, 2.75) is 25.8 Å². The van der Waals surface area contributed by atoms with E-state index in [0.717, 1.165) is 41.2 Å². The molecule has 0 spiro atoms. The van der Waals surface area contributed by atoms with E-state index < -0.39 is 0 Å². The van der Waals surface area contributed by atoms with Gasteiger partial charge in [0.2, 0.25) is 0 Å². The average Bonchev–Trinajstić information content (AvgIpc) is 3.33. The predicted octanol–water partition coefficient (Wildman–Crippen LogP) is 3.16. The number of likely N-dealkylation sites (tertiary alicyclic amines) is 1. The van der Waals surface area contributed by atoms with Gasteiger partial charge in [-0.05, 0) is 25.8 Å². The van der Waals surface area contributed by atoms with E-state index in [2.05, 4.69) is 15.1 Å². The van der Waals surface area contributed by atoms with Crippen molar-refractivity contribution in [3.8, 4) is 11.3 Å². The van der Waals surface area contributed by atoms with Crippen molar-refractivity contribution in [3.05, 3.63) is 46.3 Å². The molecule has 0 saturated carbocycles. The lowest BCUT2D eigenvalue weighted by Gasteiger charge is -2.23. The number of H-pyrrole nitrogens is 1. The SMILES string of the molecule is Cc1nc(-c2c[nH]c(C(=O)N3CCCC3c3cnn(C)c3)c2)cs1. The van der Waals surface area contributed by atoms with Gasteiger partial charge in [0, 0.05) is 42.5 Å². The highest BCUT2D eigenvalue weighted by Gasteiger charge is 2.32. The number of hydrogen-bond acceptors (Lipinski definition) is 4. The fourth-order valence-electron chi connectivity index (χ4n) is 3.28. The quantitative estimate of drug-likeness (QED) is 0.796. The van der Waals surface area contributed by atoms with Crippen LogP contribution in [0, 0.1) is 6.92 Å². The van der Waals surface area contributed by atoms with Crippen LogP contribution in [0.25, 0.3) is 11.3 Å². The van der Waals surface area contributed by atoms with E-state index >= 15 is 0 Å². The van der Waals surface area contributed by atoms with Gasteiger partial charge in [0.1, 0.15) is 5.69 Å². The first-order chi connectivity index (χ1) is 11.6. The van der Waals surface area contributed by atoms with Crippen molar-refractivity contribution in [1.82, 2.24) is 24.6 Å². The maximum atomic E-state index is 12.9. The lowest BCUT2D eigenvalue weighted by molar-refractivity contribution is 0.0730. The number of aryl methyl sites for hydroxylation is 2. The molecule has 7 heteroatoms. The predicted molar refractivity (Wildman–Crippen MR) is 92.9 cm³/mol. The van der Waals surface area contributed by atoms with Crippen LogP contribution in [0.4, 0.5) is 0 Å². The Labute approximate surface area is 144 Å². The van der Waals surface area contributed by atoms with Gasteiger partial charge in [-0.3, -0.25) is 9.48 Å².